The van der Waals surface area contributed by atoms with Gasteiger partial charge in [0.2, 0.25) is 0 Å². The molecule has 0 amide bonds. The summed E-state index contributed by atoms with van der Waals surface area (Å²) in [6.45, 7) is 5.42. The first-order chi connectivity index (χ1) is 19.2. The van der Waals surface area contributed by atoms with Crippen LogP contribution in [0.15, 0.2) is 54.9 Å². The van der Waals surface area contributed by atoms with E-state index in [0.717, 1.165) is 89.3 Å². The first kappa shape index (κ1) is 24.0. The molecule has 9 heteroatoms. The van der Waals surface area contributed by atoms with Crippen molar-refractivity contribution in [3.8, 4) is 28.3 Å². The summed E-state index contributed by atoms with van der Waals surface area (Å²) in [6, 6.07) is 11.0. The summed E-state index contributed by atoms with van der Waals surface area (Å²) in [5.41, 5.74) is 7.87. The molecule has 7 rings (SSSR count). The maximum absolute atomic E-state index is 14.7. The van der Waals surface area contributed by atoms with Gasteiger partial charge in [0.25, 0.3) is 0 Å². The molecule has 8 nitrogen and oxygen atoms in total. The monoisotopic (exact) mass is 523 g/mol. The third-order valence-corrected chi connectivity index (χ3v) is 7.66. The van der Waals surface area contributed by atoms with E-state index >= 15 is 0 Å². The Labute approximate surface area is 225 Å². The van der Waals surface area contributed by atoms with Crippen molar-refractivity contribution >= 4 is 27.5 Å². The second-order valence-corrected chi connectivity index (χ2v) is 10.3. The van der Waals surface area contributed by atoms with E-state index in [2.05, 4.69) is 36.5 Å². The fraction of sp³-hybridized carbons (Fsp3) is 0.300. The van der Waals surface area contributed by atoms with Crippen LogP contribution in [0.1, 0.15) is 25.0 Å². The van der Waals surface area contributed by atoms with Crippen LogP contribution in [0.3, 0.4) is 0 Å². The molecule has 39 heavy (non-hydrogen) atoms. The molecule has 0 aliphatic carbocycles. The minimum atomic E-state index is -0.335. The molecule has 4 aromatic heterocycles. The summed E-state index contributed by atoms with van der Waals surface area (Å²) in [5, 5.41) is 12.0. The SMILES string of the molecule is Fc1cc(OCCN2CCCC2)cc(-c2cncc3[nH]c(-c4n[nH]c5ccc(C6=CCNCC6)nc45)cc23)c1. The Balaban J connectivity index is 1.22. The normalized spacial score (nSPS) is 16.3. The number of halogens is 1. The first-order valence-corrected chi connectivity index (χ1v) is 13.6. The Morgan fingerprint density at radius 1 is 1.03 bits per heavy atom. The number of nitrogens with zero attached hydrogens (tertiary/aromatic N) is 4. The second kappa shape index (κ2) is 10.2. The largest absolute Gasteiger partial charge is 0.492 e. The third-order valence-electron chi connectivity index (χ3n) is 7.66. The molecule has 2 aliphatic heterocycles. The van der Waals surface area contributed by atoms with Crippen molar-refractivity contribution in [2.24, 2.45) is 0 Å². The van der Waals surface area contributed by atoms with Gasteiger partial charge in [-0.1, -0.05) is 6.08 Å². The molecule has 0 saturated carbocycles. The van der Waals surface area contributed by atoms with Gasteiger partial charge in [0.1, 0.15) is 29.4 Å². The highest BCUT2D eigenvalue weighted by atomic mass is 19.1. The number of ether oxygens (including phenoxy) is 1. The molecule has 0 bridgehead atoms. The third kappa shape index (κ3) is 4.79. The smallest absolute Gasteiger partial charge is 0.135 e. The van der Waals surface area contributed by atoms with E-state index in [9.17, 15) is 4.39 Å². The lowest BCUT2D eigenvalue weighted by molar-refractivity contribution is 0.237. The summed E-state index contributed by atoms with van der Waals surface area (Å²) in [6.07, 6.45) is 9.17. The fourth-order valence-corrected chi connectivity index (χ4v) is 5.63. The zero-order valence-corrected chi connectivity index (χ0v) is 21.6. The zero-order valence-electron chi connectivity index (χ0n) is 21.6. The number of nitrogens with one attached hydrogen (secondary N) is 3. The number of pyridine rings is 2. The molecular weight excluding hydrogens is 493 g/mol. The quantitative estimate of drug-likeness (QED) is 0.273. The van der Waals surface area contributed by atoms with E-state index in [1.807, 2.05) is 24.3 Å². The molecule has 6 heterocycles. The maximum atomic E-state index is 14.7. The van der Waals surface area contributed by atoms with E-state index < -0.39 is 0 Å². The number of hydrogen-bond donors (Lipinski definition) is 3. The van der Waals surface area contributed by atoms with Gasteiger partial charge in [-0.05, 0) is 80.4 Å². The van der Waals surface area contributed by atoms with Crippen molar-refractivity contribution in [2.75, 3.05) is 39.3 Å². The summed E-state index contributed by atoms with van der Waals surface area (Å²) < 4.78 is 20.6. The van der Waals surface area contributed by atoms with Crippen LogP contribution in [0.4, 0.5) is 4.39 Å². The predicted octanol–water partition coefficient (Wildman–Crippen LogP) is 5.16. The lowest BCUT2D eigenvalue weighted by Gasteiger charge is -2.15. The van der Waals surface area contributed by atoms with E-state index in [-0.39, 0.29) is 5.82 Å². The zero-order chi connectivity index (χ0) is 26.2. The summed E-state index contributed by atoms with van der Waals surface area (Å²) >= 11 is 0. The highest BCUT2D eigenvalue weighted by molar-refractivity contribution is 6.00. The van der Waals surface area contributed by atoms with Crippen LogP contribution in [-0.2, 0) is 0 Å². The second-order valence-electron chi connectivity index (χ2n) is 10.3. The van der Waals surface area contributed by atoms with Gasteiger partial charge in [0.15, 0.2) is 0 Å². The number of H-pyrrole nitrogens is 2. The van der Waals surface area contributed by atoms with Crippen molar-refractivity contribution in [1.29, 1.82) is 0 Å². The number of aromatic amines is 2. The van der Waals surface area contributed by atoms with Crippen molar-refractivity contribution in [3.05, 3.63) is 66.4 Å². The van der Waals surface area contributed by atoms with E-state index in [1.54, 1.807) is 12.4 Å². The molecule has 0 radical (unpaired) electrons. The van der Waals surface area contributed by atoms with Crippen molar-refractivity contribution in [1.82, 2.24) is 35.4 Å². The van der Waals surface area contributed by atoms with Crippen LogP contribution in [0.2, 0.25) is 0 Å². The van der Waals surface area contributed by atoms with Crippen LogP contribution < -0.4 is 10.1 Å². The van der Waals surface area contributed by atoms with Gasteiger partial charge in [-0.3, -0.25) is 15.0 Å². The molecule has 2 aliphatic rings. The van der Waals surface area contributed by atoms with Gasteiger partial charge < -0.3 is 15.0 Å². The van der Waals surface area contributed by atoms with Crippen molar-refractivity contribution in [3.63, 3.8) is 0 Å². The van der Waals surface area contributed by atoms with E-state index in [0.29, 0.717) is 12.4 Å². The highest BCUT2D eigenvalue weighted by Gasteiger charge is 2.17. The van der Waals surface area contributed by atoms with Crippen LogP contribution in [0.25, 0.3) is 50.0 Å². The van der Waals surface area contributed by atoms with E-state index in [4.69, 9.17) is 9.72 Å². The average molecular weight is 524 g/mol. The first-order valence-electron chi connectivity index (χ1n) is 13.6. The molecule has 1 fully saturated rings. The molecule has 5 aromatic rings. The Morgan fingerprint density at radius 2 is 1.95 bits per heavy atom. The molecule has 0 atom stereocenters. The number of rotatable bonds is 7. The minimum Gasteiger partial charge on any atom is -0.492 e. The number of aromatic nitrogens is 5. The lowest BCUT2D eigenvalue weighted by atomic mass is 10.0. The molecule has 1 saturated heterocycles. The lowest BCUT2D eigenvalue weighted by Crippen LogP contribution is -2.25. The number of fused-ring (bicyclic) bond motifs is 2. The maximum Gasteiger partial charge on any atom is 0.135 e. The van der Waals surface area contributed by atoms with Crippen LogP contribution >= 0.6 is 0 Å². The van der Waals surface area contributed by atoms with E-state index in [1.165, 1.54) is 30.5 Å². The summed E-state index contributed by atoms with van der Waals surface area (Å²) in [4.78, 5) is 15.2. The molecule has 0 spiro atoms. The summed E-state index contributed by atoms with van der Waals surface area (Å²) in [5.74, 6) is 0.192. The molecular formula is C30H30FN7O. The minimum absolute atomic E-state index is 0.335. The highest BCUT2D eigenvalue weighted by Crippen LogP contribution is 2.35. The van der Waals surface area contributed by atoms with Gasteiger partial charge in [-0.2, -0.15) is 5.10 Å². The Morgan fingerprint density at radius 3 is 2.82 bits per heavy atom. The average Bonchev–Trinajstić information content (AvgIpc) is 3.72. The number of likely N-dealkylation sites (tertiary alicyclic amines) is 1. The van der Waals surface area contributed by atoms with Gasteiger partial charge in [0, 0.05) is 36.3 Å². The standard InChI is InChI=1S/C30H30FN7O/c31-21-13-20(14-22(15-21)39-12-11-38-9-1-2-10-38)24-17-33-18-28-23(24)16-27(34-28)30-29-26(36-37-30)4-3-25(35-29)19-5-7-32-8-6-19/h3-5,13-18,32,34H,1-2,6-12H2,(H,36,37). The fourth-order valence-electron chi connectivity index (χ4n) is 5.63. The molecule has 3 N–H and O–H groups in total. The van der Waals surface area contributed by atoms with Crippen LogP contribution in [0.5, 0.6) is 5.75 Å². The van der Waals surface area contributed by atoms with Crippen LogP contribution in [-0.4, -0.2) is 69.4 Å². The van der Waals surface area contributed by atoms with Crippen molar-refractivity contribution < 1.29 is 9.13 Å². The van der Waals surface area contributed by atoms with Crippen molar-refractivity contribution in [2.45, 2.75) is 19.3 Å². The molecule has 1 aromatic carbocycles. The van der Waals surface area contributed by atoms with Gasteiger partial charge in [-0.15, -0.1) is 0 Å². The number of hydrogen-bond acceptors (Lipinski definition) is 6. The van der Waals surface area contributed by atoms with Gasteiger partial charge in [-0.25, -0.2) is 9.37 Å². The summed E-state index contributed by atoms with van der Waals surface area (Å²) in [7, 11) is 0. The topological polar surface area (TPSA) is 94.8 Å². The molecule has 0 unspecified atom stereocenters. The van der Waals surface area contributed by atoms with Gasteiger partial charge >= 0.3 is 0 Å². The van der Waals surface area contributed by atoms with Gasteiger partial charge in [0.05, 0.1) is 28.6 Å². The Hall–Kier alpha value is -4.08. The Kier molecular flexibility index (Phi) is 6.30. The number of benzene rings is 1. The molecule has 198 valence electrons. The van der Waals surface area contributed by atoms with Crippen LogP contribution in [0, 0.1) is 5.82 Å². The predicted molar refractivity (Wildman–Crippen MR) is 151 cm³/mol. The Bertz CT molecular complexity index is 1680.